The number of para-hydroxylation sites is 2. The molecule has 2 aromatic carbocycles. The summed E-state index contributed by atoms with van der Waals surface area (Å²) in [6.07, 6.45) is 5.28. The molecule has 1 aliphatic rings. The van der Waals surface area contributed by atoms with E-state index in [0.717, 1.165) is 68.7 Å². The van der Waals surface area contributed by atoms with Gasteiger partial charge in [0.25, 0.3) is 5.91 Å². The topological polar surface area (TPSA) is 68.3 Å². The lowest BCUT2D eigenvalue weighted by Crippen LogP contribution is -2.23. The van der Waals surface area contributed by atoms with Gasteiger partial charge in [0.1, 0.15) is 0 Å². The molecule has 1 aliphatic carbocycles. The van der Waals surface area contributed by atoms with E-state index in [2.05, 4.69) is 31.3 Å². The van der Waals surface area contributed by atoms with Crippen LogP contribution in [0.15, 0.2) is 60.0 Å². The number of amides is 1. The summed E-state index contributed by atoms with van der Waals surface area (Å²) in [6.45, 7) is 3.77. The molecular formula is C30H28N2O3S. The van der Waals surface area contributed by atoms with Crippen molar-refractivity contribution < 1.29 is 14.3 Å². The number of anilines is 1. The first-order valence-corrected chi connectivity index (χ1v) is 13.2. The predicted octanol–water partition coefficient (Wildman–Crippen LogP) is 6.70. The van der Waals surface area contributed by atoms with Gasteiger partial charge in [-0.2, -0.15) is 0 Å². The molecule has 0 aliphatic heterocycles. The van der Waals surface area contributed by atoms with Crippen molar-refractivity contribution in [2.75, 3.05) is 11.9 Å². The zero-order valence-corrected chi connectivity index (χ0v) is 21.3. The van der Waals surface area contributed by atoms with E-state index in [9.17, 15) is 9.59 Å². The van der Waals surface area contributed by atoms with Crippen molar-refractivity contribution in [2.45, 2.75) is 39.5 Å². The van der Waals surface area contributed by atoms with Gasteiger partial charge in [-0.1, -0.05) is 56.3 Å². The zero-order valence-electron chi connectivity index (χ0n) is 20.5. The lowest BCUT2D eigenvalue weighted by atomic mass is 10.0. The van der Waals surface area contributed by atoms with Gasteiger partial charge in [-0.25, -0.2) is 9.78 Å². The second-order valence-electron chi connectivity index (χ2n) is 8.80. The van der Waals surface area contributed by atoms with Crippen LogP contribution in [0, 0.1) is 0 Å². The quantitative estimate of drug-likeness (QED) is 0.289. The van der Waals surface area contributed by atoms with Gasteiger partial charge in [-0.05, 0) is 71.5 Å². The third-order valence-corrected chi connectivity index (χ3v) is 7.42. The molecular weight excluding hydrogens is 468 g/mol. The normalized spacial score (nSPS) is 13.7. The number of carbonyl (C=O) groups is 2. The molecule has 2 heterocycles. The Morgan fingerprint density at radius 1 is 1.00 bits per heavy atom. The first-order valence-electron chi connectivity index (χ1n) is 12.3. The molecule has 0 unspecified atom stereocenters. The van der Waals surface area contributed by atoms with Crippen LogP contribution < -0.4 is 5.32 Å². The first kappa shape index (κ1) is 23.9. The van der Waals surface area contributed by atoms with E-state index in [0.29, 0.717) is 12.0 Å². The van der Waals surface area contributed by atoms with Crippen LogP contribution in [0.5, 0.6) is 0 Å². The Labute approximate surface area is 214 Å². The number of allylic oxidation sites excluding steroid dienone is 1. The van der Waals surface area contributed by atoms with E-state index in [4.69, 9.17) is 9.72 Å². The molecule has 0 bridgehead atoms. The van der Waals surface area contributed by atoms with Crippen molar-refractivity contribution in [1.29, 1.82) is 0 Å². The highest BCUT2D eigenvalue weighted by atomic mass is 32.1. The maximum atomic E-state index is 13.4. The van der Waals surface area contributed by atoms with Crippen molar-refractivity contribution in [3.63, 3.8) is 0 Å². The maximum Gasteiger partial charge on any atom is 0.339 e. The number of ether oxygens (including phenoxy) is 1. The monoisotopic (exact) mass is 496 g/mol. The van der Waals surface area contributed by atoms with Crippen LogP contribution in [-0.4, -0.2) is 23.5 Å². The fourth-order valence-electron chi connectivity index (χ4n) is 4.84. The first-order chi connectivity index (χ1) is 17.6. The van der Waals surface area contributed by atoms with Gasteiger partial charge in [0.05, 0.1) is 16.8 Å². The lowest BCUT2D eigenvalue weighted by Gasteiger charge is -2.15. The van der Waals surface area contributed by atoms with Gasteiger partial charge in [0.2, 0.25) is 0 Å². The highest BCUT2D eigenvalue weighted by Crippen LogP contribution is 2.38. The number of thiophene rings is 1. The van der Waals surface area contributed by atoms with Crippen LogP contribution >= 0.6 is 11.3 Å². The van der Waals surface area contributed by atoms with Gasteiger partial charge in [0, 0.05) is 16.0 Å². The van der Waals surface area contributed by atoms with Gasteiger partial charge in [-0.15, -0.1) is 11.3 Å². The summed E-state index contributed by atoms with van der Waals surface area (Å²) in [5.74, 6) is -0.830. The highest BCUT2D eigenvalue weighted by Gasteiger charge is 2.28. The van der Waals surface area contributed by atoms with Gasteiger partial charge in [0.15, 0.2) is 6.61 Å². The zero-order chi connectivity index (χ0) is 25.1. The van der Waals surface area contributed by atoms with E-state index in [-0.39, 0.29) is 12.5 Å². The third-order valence-electron chi connectivity index (χ3n) is 6.60. The van der Waals surface area contributed by atoms with Crippen LogP contribution in [0.2, 0.25) is 0 Å². The standard InChI is InChI=1S/C30H28N2O3S/c1-3-19-9-7-10-20(4-2)28(19)32-26(33)18-35-30(34)27-23-12-5-6-13-25(23)31-29-21(14-15-24(27)29)17-22-11-8-16-36-22/h5-13,16-17H,3-4,14-15,18H2,1-2H3,(H,32,33)/b21-17+. The Balaban J connectivity index is 1.41. The molecule has 0 atom stereocenters. The van der Waals surface area contributed by atoms with Crippen LogP contribution in [0.3, 0.4) is 0 Å². The van der Waals surface area contributed by atoms with E-state index in [1.54, 1.807) is 11.3 Å². The summed E-state index contributed by atoms with van der Waals surface area (Å²) in [7, 11) is 0. The van der Waals surface area contributed by atoms with Crippen LogP contribution in [0.4, 0.5) is 5.69 Å². The Kier molecular flexibility index (Phi) is 6.96. The van der Waals surface area contributed by atoms with Crippen LogP contribution in [0.1, 0.15) is 57.9 Å². The van der Waals surface area contributed by atoms with E-state index in [1.807, 2.05) is 53.9 Å². The summed E-state index contributed by atoms with van der Waals surface area (Å²) in [5.41, 5.74) is 7.08. The number of aromatic nitrogens is 1. The van der Waals surface area contributed by atoms with Gasteiger partial charge < -0.3 is 10.1 Å². The Morgan fingerprint density at radius 3 is 2.50 bits per heavy atom. The van der Waals surface area contributed by atoms with E-state index < -0.39 is 5.97 Å². The van der Waals surface area contributed by atoms with Gasteiger partial charge in [-0.3, -0.25) is 4.79 Å². The van der Waals surface area contributed by atoms with Crippen molar-refractivity contribution >= 4 is 51.5 Å². The molecule has 2 aromatic heterocycles. The molecule has 0 radical (unpaired) electrons. The Hall–Kier alpha value is -3.77. The Bertz CT molecular complexity index is 1450. The van der Waals surface area contributed by atoms with Crippen LogP contribution in [-0.2, 0) is 28.8 Å². The minimum atomic E-state index is -0.489. The number of carbonyl (C=O) groups excluding carboxylic acids is 2. The average molecular weight is 497 g/mol. The smallest absolute Gasteiger partial charge is 0.339 e. The molecule has 0 saturated carbocycles. The van der Waals surface area contributed by atoms with E-state index >= 15 is 0 Å². The number of nitrogens with one attached hydrogen (secondary N) is 1. The summed E-state index contributed by atoms with van der Waals surface area (Å²) in [6, 6.07) is 17.7. The van der Waals surface area contributed by atoms with Gasteiger partial charge >= 0.3 is 5.97 Å². The molecule has 5 nitrogen and oxygen atoms in total. The number of rotatable bonds is 7. The van der Waals surface area contributed by atoms with E-state index in [1.165, 1.54) is 0 Å². The number of hydrogen-bond acceptors (Lipinski definition) is 5. The minimum Gasteiger partial charge on any atom is -0.452 e. The SMILES string of the molecule is CCc1cccc(CC)c1NC(=O)COC(=O)c1c2c(nc3ccccc13)/C(=C/c1cccs1)CC2. The molecule has 1 amide bonds. The number of nitrogens with zero attached hydrogens (tertiary/aromatic N) is 1. The highest BCUT2D eigenvalue weighted by molar-refractivity contribution is 7.10. The largest absolute Gasteiger partial charge is 0.452 e. The fraction of sp³-hybridized carbons (Fsp3) is 0.233. The molecule has 6 heteroatoms. The number of pyridine rings is 1. The number of hydrogen-bond donors (Lipinski definition) is 1. The summed E-state index contributed by atoms with van der Waals surface area (Å²) < 4.78 is 5.59. The molecule has 0 spiro atoms. The minimum absolute atomic E-state index is 0.341. The molecule has 1 N–H and O–H groups in total. The fourth-order valence-corrected chi connectivity index (χ4v) is 5.52. The predicted molar refractivity (Wildman–Crippen MR) is 146 cm³/mol. The average Bonchev–Trinajstić information content (AvgIpc) is 3.56. The van der Waals surface area contributed by atoms with Crippen molar-refractivity contribution in [1.82, 2.24) is 4.98 Å². The van der Waals surface area contributed by atoms with Crippen molar-refractivity contribution in [3.05, 3.63) is 92.8 Å². The third kappa shape index (κ3) is 4.69. The maximum absolute atomic E-state index is 13.4. The molecule has 5 rings (SSSR count). The molecule has 0 fully saturated rings. The van der Waals surface area contributed by atoms with Crippen molar-refractivity contribution in [2.24, 2.45) is 0 Å². The lowest BCUT2D eigenvalue weighted by molar-refractivity contribution is -0.119. The number of benzene rings is 2. The summed E-state index contributed by atoms with van der Waals surface area (Å²) in [5, 5.41) is 5.77. The second kappa shape index (κ2) is 10.5. The molecule has 36 heavy (non-hydrogen) atoms. The number of fused-ring (bicyclic) bond motifs is 2. The molecule has 4 aromatic rings. The second-order valence-corrected chi connectivity index (χ2v) is 9.78. The Morgan fingerprint density at radius 2 is 1.78 bits per heavy atom. The molecule has 0 saturated heterocycles. The number of aryl methyl sites for hydroxylation is 2. The number of esters is 1. The summed E-state index contributed by atoms with van der Waals surface area (Å²) in [4.78, 5) is 32.3. The van der Waals surface area contributed by atoms with Crippen molar-refractivity contribution in [3.8, 4) is 0 Å². The summed E-state index contributed by atoms with van der Waals surface area (Å²) >= 11 is 1.68. The van der Waals surface area contributed by atoms with Crippen LogP contribution in [0.25, 0.3) is 22.6 Å². The molecule has 182 valence electrons.